The van der Waals surface area contributed by atoms with Gasteiger partial charge in [0, 0.05) is 179 Å². The molecule has 4 aliphatic rings. The van der Waals surface area contributed by atoms with Crippen LogP contribution in [0.3, 0.4) is 0 Å². The number of nitrogens with one attached hydrogen (secondary N) is 6. The first-order chi connectivity index (χ1) is 53.3. The first kappa shape index (κ1) is 118. The number of nitrogens with two attached hydrogens (primary N) is 20. The molecule has 0 saturated carbocycles. The van der Waals surface area contributed by atoms with Crippen LogP contribution >= 0.6 is 0 Å². The predicted molar refractivity (Wildman–Crippen MR) is 493 cm³/mol. The Kier molecular flexibility index (Phi) is 90.5. The molecule has 4 aliphatic heterocycles. The van der Waals surface area contributed by atoms with Gasteiger partial charge in [-0.3, -0.25) is 54.9 Å². The summed E-state index contributed by atoms with van der Waals surface area (Å²) in [5, 5.41) is 18.7. The molecule has 8 unspecified atom stereocenters. The smallest absolute Gasteiger partial charge is 0.191 e. The molecule has 39 heteroatoms. The third-order valence-corrected chi connectivity index (χ3v) is 14.8. The molecule has 0 fully saturated rings. The van der Waals surface area contributed by atoms with Gasteiger partial charge >= 0.3 is 0 Å². The van der Waals surface area contributed by atoms with Gasteiger partial charge in [0.1, 0.15) is 0 Å². The van der Waals surface area contributed by atoms with E-state index in [4.69, 9.17) is 115 Å². The second kappa shape index (κ2) is 86.5. The molecule has 0 aromatic heterocycles. The van der Waals surface area contributed by atoms with Crippen molar-refractivity contribution in [2.45, 2.75) is 280 Å². The van der Waals surface area contributed by atoms with E-state index in [0.29, 0.717) is 66.9 Å². The molecule has 113 heavy (non-hydrogen) atoms. The zero-order chi connectivity index (χ0) is 87.6. The maximum Gasteiger partial charge on any atom is 0.191 e. The summed E-state index contributed by atoms with van der Waals surface area (Å²) in [7, 11) is 1.66. The van der Waals surface area contributed by atoms with Crippen LogP contribution in [0.2, 0.25) is 0 Å². The molecule has 0 spiro atoms. The molecule has 39 nitrogen and oxygen atoms in total. The minimum Gasteiger partial charge on any atom is -0.388 e. The molecule has 0 aliphatic carbocycles. The number of hydrogen-bond acceptors (Lipinski definition) is 27. The fourth-order valence-electron chi connectivity index (χ4n) is 8.91. The van der Waals surface area contributed by atoms with Crippen LogP contribution < -0.4 is 147 Å². The lowest BCUT2D eigenvalue weighted by atomic mass is 10.2. The van der Waals surface area contributed by atoms with Crippen LogP contribution in [0.4, 0.5) is 0 Å². The molecule has 670 valence electrons. The fourth-order valence-corrected chi connectivity index (χ4v) is 8.91. The fraction of sp³-hybridized carbons (Fsp3) is 0.851. The lowest BCUT2D eigenvalue weighted by molar-refractivity contribution is 0.373. The van der Waals surface area contributed by atoms with Gasteiger partial charge in [0.15, 0.2) is 53.6 Å². The monoisotopic (exact) mass is 1610 g/mol. The lowest BCUT2D eigenvalue weighted by Crippen LogP contribution is -2.41. The van der Waals surface area contributed by atoms with Gasteiger partial charge in [-0.05, 0) is 213 Å². The second-order valence-electron chi connectivity index (χ2n) is 28.3. The average Bonchev–Trinajstić information content (AvgIpc) is 1.20. The molecule has 0 aromatic rings. The molecule has 0 radical (unpaired) electrons. The van der Waals surface area contributed by atoms with Crippen LogP contribution in [0.15, 0.2) is 54.9 Å². The number of rotatable bonds is 37. The van der Waals surface area contributed by atoms with Crippen LogP contribution in [0.25, 0.3) is 0 Å². The molecule has 8 atom stereocenters. The summed E-state index contributed by atoms with van der Waals surface area (Å²) in [6.07, 6.45) is 20.0. The van der Waals surface area contributed by atoms with E-state index in [2.05, 4.69) is 96.6 Å². The molecule has 0 aromatic carbocycles. The van der Waals surface area contributed by atoms with Gasteiger partial charge in [-0.15, -0.1) is 0 Å². The van der Waals surface area contributed by atoms with E-state index in [1.165, 1.54) is 0 Å². The Morgan fingerprint density at radius 2 is 0.796 bits per heavy atom. The number of amidine groups is 2. The van der Waals surface area contributed by atoms with E-state index in [1.807, 2.05) is 96.9 Å². The van der Waals surface area contributed by atoms with Crippen LogP contribution in [-0.2, 0) is 0 Å². The summed E-state index contributed by atoms with van der Waals surface area (Å²) in [4.78, 5) is 48.1. The summed E-state index contributed by atoms with van der Waals surface area (Å²) in [5.74, 6) is 6.22. The van der Waals surface area contributed by atoms with Gasteiger partial charge in [0.2, 0.25) is 0 Å². The Bertz CT molecular complexity index is 2410. The van der Waals surface area contributed by atoms with Crippen molar-refractivity contribution in [3.63, 3.8) is 0 Å². The quantitative estimate of drug-likeness (QED) is 0.0199. The first-order valence-corrected chi connectivity index (χ1v) is 41.2. The van der Waals surface area contributed by atoms with Crippen molar-refractivity contribution in [2.24, 2.45) is 170 Å². The van der Waals surface area contributed by atoms with E-state index in [1.54, 1.807) is 14.0 Å². The summed E-state index contributed by atoms with van der Waals surface area (Å²) in [6.45, 7) is 46.5. The maximum atomic E-state index is 5.74. The standard InChI is InChI=1S/2C9H20N4.2C8H18N4.C8H20N4.C8H19N3.C7H18N4.C7H17N3.C4H11N3.2C3H9N3/c1-8(10)4-2-6-13-7-3-5-12-9(13)11;1-8(10)4-2-5-11-9-12-6-3-7-13-9;1-7(9)3-2-5-12-6-4-11-8(12)10;1-7(9)3-2-4-10-8-11-5-6-12-8;1-3-11-8(10)12-6-4-5-7(2)9;1-3-8(10)11-6-4-5-7(2)9;1-6(8)4-3-5-11-7(9)10-2;1-6(8)4-3-5-10-7(2)9;1-3(2)7-4(5)6;2*1-2-6-3(4)5/h8H,2-7,10H2,1H3,(H2,11,12);8H,2-7,10H2,1H3,(H2,11,12,13);7H,2-6,9H2,1H3,(H2,10,11);7H,2-6,9H2,1H3,(H2,10,11,12);7H,3-6,9H2,1-2H3,(H3,10,11,12);7H,3-6,9H2,1-2H3,(H2,10,11);6H,3-5,8H2,1-2H3,(H3,9,10,11);6H,3-5,8H2,1-2H3,(H2,9,10);3H,1-2H3,(H4,5,6,7);2*2H2,1H3,(H4,4,5,6). The normalized spacial score (nSPS) is 15.6. The van der Waals surface area contributed by atoms with Crippen molar-refractivity contribution in [3.05, 3.63) is 0 Å². The lowest BCUT2D eigenvalue weighted by Gasteiger charge is -2.26. The summed E-state index contributed by atoms with van der Waals surface area (Å²) in [5.41, 5.74) is 108. The third-order valence-electron chi connectivity index (χ3n) is 14.8. The van der Waals surface area contributed by atoms with Crippen LogP contribution in [0.1, 0.15) is 226 Å². The van der Waals surface area contributed by atoms with Crippen molar-refractivity contribution >= 4 is 65.3 Å². The molecule has 4 rings (SSSR count). The van der Waals surface area contributed by atoms with E-state index < -0.39 is 0 Å². The number of nitrogens with zero attached hydrogens (tertiary/aromatic N) is 13. The summed E-state index contributed by atoms with van der Waals surface area (Å²) in [6, 6.07) is 2.53. The second-order valence-corrected chi connectivity index (χ2v) is 28.3. The summed E-state index contributed by atoms with van der Waals surface area (Å²) >= 11 is 0. The van der Waals surface area contributed by atoms with Gasteiger partial charge in [0.25, 0.3) is 0 Å². The molecule has 0 bridgehead atoms. The Balaban J connectivity index is -0.000000220. The van der Waals surface area contributed by atoms with E-state index >= 15 is 0 Å². The highest BCUT2D eigenvalue weighted by atomic mass is 15.3. The van der Waals surface area contributed by atoms with Crippen molar-refractivity contribution in [2.75, 3.05) is 131 Å². The largest absolute Gasteiger partial charge is 0.388 e. The Hall–Kier alpha value is -7.95. The average molecular weight is 1620 g/mol. The SMILES string of the molecule is CC(C)N=C(N)N.CC(N)=NCCCC(C)N.CC(N)CCCN1CCCN=C1N.CC(N)CCCN1CCN=C1N.CC(N)CCCNC1=NCCCN1.CC(N)CCCNC1=NCCN1.CCC(N)=NCCCC(C)N.CCN=C(N)N.CCN=C(N)N.CCNC(N)=NCCCC(C)N.CN=C(N)NCCCC(C)N. The predicted octanol–water partition coefficient (Wildman–Crippen LogP) is -1.12. The van der Waals surface area contributed by atoms with Gasteiger partial charge in [-0.1, -0.05) is 6.92 Å². The number of hydrogen-bond donors (Lipinski definition) is 26. The highest BCUT2D eigenvalue weighted by Gasteiger charge is 2.14. The summed E-state index contributed by atoms with van der Waals surface area (Å²) < 4.78 is 0. The molecule has 0 amide bonds. The number of guanidine groups is 9. The van der Waals surface area contributed by atoms with E-state index in [-0.39, 0.29) is 48.1 Å². The van der Waals surface area contributed by atoms with Gasteiger partial charge in [-0.25, -0.2) is 0 Å². The zero-order valence-corrected chi connectivity index (χ0v) is 73.9. The molecule has 0 saturated heterocycles. The van der Waals surface area contributed by atoms with Crippen molar-refractivity contribution in [3.8, 4) is 0 Å². The zero-order valence-electron chi connectivity index (χ0n) is 73.9. The minimum absolute atomic E-state index is 0.162. The van der Waals surface area contributed by atoms with E-state index in [0.717, 1.165) is 251 Å². The highest BCUT2D eigenvalue weighted by molar-refractivity contribution is 5.82. The van der Waals surface area contributed by atoms with Crippen molar-refractivity contribution < 1.29 is 0 Å². The van der Waals surface area contributed by atoms with Gasteiger partial charge in [0.05, 0.1) is 24.8 Å². The Morgan fingerprint density at radius 1 is 0.416 bits per heavy atom. The number of aliphatic imine (C=N–C) groups is 11. The minimum atomic E-state index is 0.162. The highest BCUT2D eigenvalue weighted by Crippen LogP contribution is 2.05. The van der Waals surface area contributed by atoms with Crippen LogP contribution in [0, 0.1) is 0 Å². The van der Waals surface area contributed by atoms with Crippen LogP contribution in [-0.4, -0.2) is 261 Å². The Morgan fingerprint density at radius 3 is 1.12 bits per heavy atom. The first-order valence-electron chi connectivity index (χ1n) is 41.2. The van der Waals surface area contributed by atoms with Crippen LogP contribution in [0.5, 0.6) is 0 Å². The molecular formula is C74H179N39. The Labute approximate surface area is 685 Å². The third kappa shape index (κ3) is 110. The van der Waals surface area contributed by atoms with Crippen molar-refractivity contribution in [1.29, 1.82) is 0 Å². The van der Waals surface area contributed by atoms with Gasteiger partial charge in [-0.2, -0.15) is 0 Å². The van der Waals surface area contributed by atoms with Gasteiger partial charge < -0.3 is 156 Å². The van der Waals surface area contributed by atoms with Crippen molar-refractivity contribution in [1.82, 2.24) is 41.7 Å². The van der Waals surface area contributed by atoms with E-state index in [9.17, 15) is 0 Å². The topological polar surface area (TPSA) is 735 Å². The molecular weight excluding hydrogens is 1440 g/mol. The maximum absolute atomic E-state index is 5.74. The molecule has 4 heterocycles. The molecule has 46 N–H and O–H groups in total.